The highest BCUT2D eigenvalue weighted by atomic mass is 16.6. The highest BCUT2D eigenvalue weighted by Gasteiger charge is 2.78. The first-order valence-electron chi connectivity index (χ1n) is 14.1. The molecule has 6 nitrogen and oxygen atoms in total. The number of aliphatic hydroxyl groups is 2. The molecule has 0 aromatic carbocycles. The summed E-state index contributed by atoms with van der Waals surface area (Å²) < 4.78 is 12.4. The number of carbonyl (C=O) groups is 2. The van der Waals surface area contributed by atoms with Crippen LogP contribution < -0.4 is 0 Å². The van der Waals surface area contributed by atoms with E-state index in [9.17, 15) is 19.8 Å². The number of rotatable bonds is 0. The maximum Gasteiger partial charge on any atom is 0.309 e. The summed E-state index contributed by atoms with van der Waals surface area (Å²) in [7, 11) is 0. The lowest BCUT2D eigenvalue weighted by atomic mass is 9.58. The second kappa shape index (κ2) is 6.85. The van der Waals surface area contributed by atoms with Crippen molar-refractivity contribution in [3.63, 3.8) is 0 Å². The fraction of sp³-hybridized carbons (Fsp3) is 0.800. The van der Waals surface area contributed by atoms with Gasteiger partial charge in [-0.2, -0.15) is 0 Å². The standard InChI is InChI=1S/C30H40O6/c1-12-11-18-20-21(30(12)24(18)29(6,34)10-8-17-14(3)27(32)36-25(17)30)15(4)19-22(20)28(5,33)9-7-16-13(2)26(31)35-23(16)19/h11,13-14,16-18,20-25,33-34H,7-10H2,1-6H3/t13-,14+,16+,17+,18-,20+,21+,22+,23+,24+,25+,28-,29+,30-/m1/s1. The summed E-state index contributed by atoms with van der Waals surface area (Å²) in [5, 5.41) is 24.1. The van der Waals surface area contributed by atoms with Gasteiger partial charge >= 0.3 is 11.9 Å². The molecular formula is C30H40O6. The van der Waals surface area contributed by atoms with Crippen molar-refractivity contribution in [2.45, 2.75) is 90.6 Å². The quantitative estimate of drug-likeness (QED) is 0.391. The molecule has 14 atom stereocenters. The smallest absolute Gasteiger partial charge is 0.309 e. The zero-order valence-electron chi connectivity index (χ0n) is 22.3. The summed E-state index contributed by atoms with van der Waals surface area (Å²) in [6.07, 6.45) is 4.59. The van der Waals surface area contributed by atoms with Crippen LogP contribution in [0.15, 0.2) is 22.8 Å². The fourth-order valence-corrected chi connectivity index (χ4v) is 11.0. The van der Waals surface area contributed by atoms with Crippen molar-refractivity contribution in [3.8, 4) is 0 Å². The average Bonchev–Trinajstić information content (AvgIpc) is 3.49. The van der Waals surface area contributed by atoms with Crippen LogP contribution in [0.5, 0.6) is 0 Å². The zero-order valence-corrected chi connectivity index (χ0v) is 22.3. The number of esters is 2. The Kier molecular flexibility index (Phi) is 4.46. The predicted molar refractivity (Wildman–Crippen MR) is 131 cm³/mol. The van der Waals surface area contributed by atoms with Crippen molar-refractivity contribution in [3.05, 3.63) is 22.8 Å². The third-order valence-electron chi connectivity index (χ3n) is 12.4. The number of allylic oxidation sites excluding steroid dienone is 2. The lowest BCUT2D eigenvalue weighted by Crippen LogP contribution is -2.51. The Bertz CT molecular complexity index is 1130. The highest BCUT2D eigenvalue weighted by Crippen LogP contribution is 2.78. The van der Waals surface area contributed by atoms with E-state index in [1.54, 1.807) is 0 Å². The molecule has 2 heterocycles. The molecule has 196 valence electrons. The van der Waals surface area contributed by atoms with Crippen molar-refractivity contribution in [1.29, 1.82) is 0 Å². The molecule has 0 aromatic heterocycles. The Morgan fingerprint density at radius 2 is 1.50 bits per heavy atom. The molecule has 2 N–H and O–H groups in total. The summed E-state index contributed by atoms with van der Waals surface area (Å²) in [6.45, 7) is 12.2. The van der Waals surface area contributed by atoms with Gasteiger partial charge in [0.05, 0.1) is 23.0 Å². The van der Waals surface area contributed by atoms with Crippen LogP contribution in [0.25, 0.3) is 0 Å². The molecule has 0 aromatic rings. The number of ether oxygens (including phenoxy) is 2. The van der Waals surface area contributed by atoms with Crippen LogP contribution in [0.1, 0.15) is 67.2 Å². The molecule has 36 heavy (non-hydrogen) atoms. The maximum absolute atomic E-state index is 13.0. The molecule has 5 fully saturated rings. The number of carbonyl (C=O) groups excluding carboxylic acids is 2. The Morgan fingerprint density at radius 3 is 2.22 bits per heavy atom. The molecule has 0 amide bonds. The molecule has 2 bridgehead atoms. The predicted octanol–water partition coefficient (Wildman–Crippen LogP) is 3.80. The zero-order chi connectivity index (χ0) is 25.7. The molecule has 0 spiro atoms. The van der Waals surface area contributed by atoms with Gasteiger partial charge in [-0.3, -0.25) is 9.59 Å². The molecule has 2 saturated heterocycles. The third kappa shape index (κ3) is 2.43. The highest BCUT2D eigenvalue weighted by molar-refractivity contribution is 5.76. The topological polar surface area (TPSA) is 93.1 Å². The van der Waals surface area contributed by atoms with Crippen LogP contribution in [0.4, 0.5) is 0 Å². The van der Waals surface area contributed by atoms with Gasteiger partial charge in [-0.1, -0.05) is 31.1 Å². The van der Waals surface area contributed by atoms with Crippen LogP contribution in [0.2, 0.25) is 0 Å². The third-order valence-corrected chi connectivity index (χ3v) is 12.4. The Labute approximate surface area is 213 Å². The molecular weight excluding hydrogens is 456 g/mol. The van der Waals surface area contributed by atoms with Crippen LogP contribution in [-0.2, 0) is 19.1 Å². The largest absolute Gasteiger partial charge is 0.461 e. The lowest BCUT2D eigenvalue weighted by molar-refractivity contribution is -0.153. The van der Waals surface area contributed by atoms with E-state index in [2.05, 4.69) is 19.9 Å². The fourth-order valence-electron chi connectivity index (χ4n) is 11.0. The van der Waals surface area contributed by atoms with E-state index in [0.29, 0.717) is 12.8 Å². The van der Waals surface area contributed by atoms with Gasteiger partial charge in [0.2, 0.25) is 0 Å². The molecule has 7 aliphatic rings. The number of hydrogen-bond donors (Lipinski definition) is 2. The maximum atomic E-state index is 13.0. The first-order valence-corrected chi connectivity index (χ1v) is 14.1. The molecule has 0 unspecified atom stereocenters. The van der Waals surface area contributed by atoms with Crippen molar-refractivity contribution in [2.75, 3.05) is 0 Å². The minimum absolute atomic E-state index is 0.0486. The van der Waals surface area contributed by atoms with Gasteiger partial charge in [0.1, 0.15) is 12.2 Å². The van der Waals surface area contributed by atoms with Gasteiger partial charge in [-0.15, -0.1) is 0 Å². The van der Waals surface area contributed by atoms with Crippen molar-refractivity contribution in [1.82, 2.24) is 0 Å². The molecule has 7 rings (SSSR count). The SMILES string of the molecule is CC1=C[C@@H]2[C@H]3[C@H](C(C)=C4[C@H]5OC(=O)[C@H](C)[C@@H]5CC[C@@](C)(O)[C@@H]43)[C@@]13[C@@H]2[C@@](C)(O)CC[C@H]1[C@H](C)C(=O)O[C@@H]13. The number of fused-ring (bicyclic) bond motifs is 7. The summed E-state index contributed by atoms with van der Waals surface area (Å²) in [4.78, 5) is 25.7. The molecule has 0 radical (unpaired) electrons. The number of hydrogen-bond acceptors (Lipinski definition) is 6. The van der Waals surface area contributed by atoms with Crippen molar-refractivity contribution in [2.24, 2.45) is 58.7 Å². The van der Waals surface area contributed by atoms with E-state index < -0.39 is 16.6 Å². The Balaban J connectivity index is 1.47. The van der Waals surface area contributed by atoms with Gasteiger partial charge in [-0.05, 0) is 76.7 Å². The molecule has 5 aliphatic carbocycles. The van der Waals surface area contributed by atoms with E-state index in [1.807, 2.05) is 27.7 Å². The lowest BCUT2D eigenvalue weighted by Gasteiger charge is -2.47. The molecule has 2 aliphatic heterocycles. The van der Waals surface area contributed by atoms with Gasteiger partial charge in [0, 0.05) is 29.1 Å². The molecule has 6 heteroatoms. The van der Waals surface area contributed by atoms with Gasteiger partial charge in [0.25, 0.3) is 0 Å². The van der Waals surface area contributed by atoms with Crippen LogP contribution in [-0.4, -0.2) is 45.6 Å². The van der Waals surface area contributed by atoms with E-state index in [-0.39, 0.29) is 77.4 Å². The van der Waals surface area contributed by atoms with Gasteiger partial charge < -0.3 is 19.7 Å². The van der Waals surface area contributed by atoms with Crippen LogP contribution >= 0.6 is 0 Å². The second-order valence-electron chi connectivity index (χ2n) is 13.9. The summed E-state index contributed by atoms with van der Waals surface area (Å²) in [5.74, 6) is -0.460. The first kappa shape index (κ1) is 23.5. The van der Waals surface area contributed by atoms with Gasteiger partial charge in [-0.25, -0.2) is 0 Å². The van der Waals surface area contributed by atoms with Crippen LogP contribution in [0, 0.1) is 58.7 Å². The average molecular weight is 497 g/mol. The van der Waals surface area contributed by atoms with Gasteiger partial charge in [0.15, 0.2) is 0 Å². The van der Waals surface area contributed by atoms with Crippen molar-refractivity contribution < 1.29 is 29.3 Å². The Morgan fingerprint density at radius 1 is 0.889 bits per heavy atom. The van der Waals surface area contributed by atoms with E-state index >= 15 is 0 Å². The van der Waals surface area contributed by atoms with Crippen molar-refractivity contribution >= 4 is 11.9 Å². The summed E-state index contributed by atoms with van der Waals surface area (Å²) >= 11 is 0. The Hall–Kier alpha value is -1.66. The van der Waals surface area contributed by atoms with E-state index in [0.717, 1.165) is 18.4 Å². The van der Waals surface area contributed by atoms with E-state index in [1.165, 1.54) is 11.1 Å². The minimum atomic E-state index is -0.931. The molecule has 3 saturated carbocycles. The summed E-state index contributed by atoms with van der Waals surface area (Å²) in [6, 6.07) is 0. The minimum Gasteiger partial charge on any atom is -0.461 e. The normalized spacial score (nSPS) is 58.8. The second-order valence-corrected chi connectivity index (χ2v) is 13.9. The van der Waals surface area contributed by atoms with Crippen LogP contribution in [0.3, 0.4) is 0 Å². The van der Waals surface area contributed by atoms with E-state index in [4.69, 9.17) is 9.47 Å². The monoisotopic (exact) mass is 496 g/mol. The first-order chi connectivity index (χ1) is 16.8. The summed E-state index contributed by atoms with van der Waals surface area (Å²) in [5.41, 5.74) is 1.23.